The van der Waals surface area contributed by atoms with Gasteiger partial charge in [0.1, 0.15) is 18.2 Å². The molecular formula is C12H12FNO3. The Hall–Kier alpha value is -1.91. The fourth-order valence-corrected chi connectivity index (χ4v) is 1.66. The molecule has 1 aromatic rings. The number of carbonyl (C=O) groups is 2. The Bertz CT molecular complexity index is 414. The molecule has 2 rings (SSSR count). The van der Waals surface area contributed by atoms with Crippen molar-refractivity contribution in [2.75, 3.05) is 13.2 Å². The second-order valence-corrected chi connectivity index (χ2v) is 3.74. The second kappa shape index (κ2) is 4.95. The Kier molecular flexibility index (Phi) is 3.37. The number of rotatable bonds is 4. The van der Waals surface area contributed by atoms with Gasteiger partial charge in [-0.15, -0.1) is 0 Å². The highest BCUT2D eigenvalue weighted by molar-refractivity contribution is 6.01. The van der Waals surface area contributed by atoms with E-state index >= 15 is 0 Å². The van der Waals surface area contributed by atoms with Crippen LogP contribution in [0, 0.1) is 5.82 Å². The molecule has 1 aliphatic rings. The van der Waals surface area contributed by atoms with Crippen molar-refractivity contribution in [2.45, 2.75) is 12.8 Å². The highest BCUT2D eigenvalue weighted by Gasteiger charge is 2.28. The van der Waals surface area contributed by atoms with Crippen LogP contribution in [-0.2, 0) is 9.59 Å². The molecule has 0 saturated carbocycles. The minimum absolute atomic E-state index is 0.155. The zero-order chi connectivity index (χ0) is 12.3. The highest BCUT2D eigenvalue weighted by atomic mass is 19.1. The van der Waals surface area contributed by atoms with E-state index in [4.69, 9.17) is 4.74 Å². The summed E-state index contributed by atoms with van der Waals surface area (Å²) >= 11 is 0. The molecule has 0 aromatic heterocycles. The van der Waals surface area contributed by atoms with E-state index in [2.05, 4.69) is 0 Å². The topological polar surface area (TPSA) is 46.6 Å². The Balaban J connectivity index is 1.81. The van der Waals surface area contributed by atoms with Gasteiger partial charge < -0.3 is 4.74 Å². The van der Waals surface area contributed by atoms with Gasteiger partial charge in [-0.3, -0.25) is 14.5 Å². The maximum Gasteiger partial charge on any atom is 0.229 e. The van der Waals surface area contributed by atoms with E-state index in [1.54, 1.807) is 0 Å². The quantitative estimate of drug-likeness (QED) is 0.743. The van der Waals surface area contributed by atoms with Crippen molar-refractivity contribution in [3.05, 3.63) is 30.1 Å². The van der Waals surface area contributed by atoms with Gasteiger partial charge in [0.25, 0.3) is 0 Å². The molecule has 1 aromatic carbocycles. The number of amides is 2. The van der Waals surface area contributed by atoms with Crippen LogP contribution in [0.25, 0.3) is 0 Å². The molecule has 0 N–H and O–H groups in total. The number of nitrogens with zero attached hydrogens (tertiary/aromatic N) is 1. The molecule has 90 valence electrons. The lowest BCUT2D eigenvalue weighted by Gasteiger charge is -2.14. The summed E-state index contributed by atoms with van der Waals surface area (Å²) in [6, 6.07) is 5.59. The molecule has 0 spiro atoms. The third kappa shape index (κ3) is 2.81. The van der Waals surface area contributed by atoms with E-state index in [1.165, 1.54) is 29.2 Å². The molecule has 0 unspecified atom stereocenters. The van der Waals surface area contributed by atoms with E-state index in [0.717, 1.165) is 0 Å². The summed E-state index contributed by atoms with van der Waals surface area (Å²) in [5.41, 5.74) is 0. The van der Waals surface area contributed by atoms with Crippen LogP contribution in [0.3, 0.4) is 0 Å². The molecule has 2 amide bonds. The van der Waals surface area contributed by atoms with Gasteiger partial charge in [0.05, 0.1) is 6.54 Å². The maximum absolute atomic E-state index is 12.6. The van der Waals surface area contributed by atoms with Crippen molar-refractivity contribution in [3.8, 4) is 5.75 Å². The van der Waals surface area contributed by atoms with Crippen LogP contribution in [0.2, 0.25) is 0 Å². The first kappa shape index (κ1) is 11.6. The number of halogens is 1. The number of hydrogen-bond acceptors (Lipinski definition) is 3. The summed E-state index contributed by atoms with van der Waals surface area (Å²) in [6.07, 6.45) is 0.574. The van der Waals surface area contributed by atoms with Crippen molar-refractivity contribution < 1.29 is 18.7 Å². The van der Waals surface area contributed by atoms with Gasteiger partial charge >= 0.3 is 0 Å². The average Bonchev–Trinajstić information content (AvgIpc) is 2.63. The van der Waals surface area contributed by atoms with E-state index in [-0.39, 0.29) is 43.6 Å². The SMILES string of the molecule is O=C1CCC(=O)N1CCOc1ccc(F)cc1. The van der Waals surface area contributed by atoms with Gasteiger partial charge in [-0.1, -0.05) is 0 Å². The molecule has 1 fully saturated rings. The number of benzene rings is 1. The largest absolute Gasteiger partial charge is 0.492 e. The van der Waals surface area contributed by atoms with Crippen LogP contribution >= 0.6 is 0 Å². The van der Waals surface area contributed by atoms with Crippen LogP contribution in [0.15, 0.2) is 24.3 Å². The van der Waals surface area contributed by atoms with Crippen molar-refractivity contribution in [1.29, 1.82) is 0 Å². The van der Waals surface area contributed by atoms with Crippen LogP contribution in [0.4, 0.5) is 4.39 Å². The van der Waals surface area contributed by atoms with Crippen molar-refractivity contribution >= 4 is 11.8 Å². The van der Waals surface area contributed by atoms with Gasteiger partial charge in [0.2, 0.25) is 11.8 Å². The second-order valence-electron chi connectivity index (χ2n) is 3.74. The number of hydrogen-bond donors (Lipinski definition) is 0. The molecule has 0 aliphatic carbocycles. The monoisotopic (exact) mass is 237 g/mol. The average molecular weight is 237 g/mol. The van der Waals surface area contributed by atoms with Crippen LogP contribution in [0.5, 0.6) is 5.75 Å². The lowest BCUT2D eigenvalue weighted by Crippen LogP contribution is -2.33. The summed E-state index contributed by atoms with van der Waals surface area (Å²) in [5.74, 6) is -0.122. The van der Waals surface area contributed by atoms with E-state index < -0.39 is 0 Å². The smallest absolute Gasteiger partial charge is 0.229 e. The van der Waals surface area contributed by atoms with Gasteiger partial charge in [0, 0.05) is 12.8 Å². The van der Waals surface area contributed by atoms with Gasteiger partial charge in [-0.2, -0.15) is 0 Å². The molecule has 0 radical (unpaired) electrons. The molecule has 1 saturated heterocycles. The molecule has 0 bridgehead atoms. The predicted molar refractivity (Wildman–Crippen MR) is 57.8 cm³/mol. The van der Waals surface area contributed by atoms with Gasteiger partial charge in [-0.05, 0) is 24.3 Å². The fraction of sp³-hybridized carbons (Fsp3) is 0.333. The number of likely N-dealkylation sites (tertiary alicyclic amines) is 1. The normalized spacial score (nSPS) is 15.5. The van der Waals surface area contributed by atoms with Gasteiger partial charge in [0.15, 0.2) is 0 Å². The lowest BCUT2D eigenvalue weighted by molar-refractivity contribution is -0.138. The van der Waals surface area contributed by atoms with E-state index in [9.17, 15) is 14.0 Å². The number of carbonyl (C=O) groups excluding carboxylic acids is 2. The fourth-order valence-electron chi connectivity index (χ4n) is 1.66. The van der Waals surface area contributed by atoms with Crippen LogP contribution in [-0.4, -0.2) is 29.9 Å². The van der Waals surface area contributed by atoms with Crippen molar-refractivity contribution in [3.63, 3.8) is 0 Å². The molecule has 1 aliphatic heterocycles. The molecule has 17 heavy (non-hydrogen) atoms. The Labute approximate surface area is 98.0 Å². The molecule has 1 heterocycles. The number of ether oxygens (including phenoxy) is 1. The summed E-state index contributed by atoms with van der Waals surface area (Å²) in [4.78, 5) is 23.7. The zero-order valence-electron chi connectivity index (χ0n) is 9.19. The zero-order valence-corrected chi connectivity index (χ0v) is 9.19. The highest BCUT2D eigenvalue weighted by Crippen LogP contribution is 2.13. The van der Waals surface area contributed by atoms with Crippen molar-refractivity contribution in [1.82, 2.24) is 4.90 Å². The minimum atomic E-state index is -0.331. The van der Waals surface area contributed by atoms with Crippen LogP contribution < -0.4 is 4.74 Å². The predicted octanol–water partition coefficient (Wildman–Crippen LogP) is 1.35. The summed E-state index contributed by atoms with van der Waals surface area (Å²) < 4.78 is 17.9. The summed E-state index contributed by atoms with van der Waals surface area (Å²) in [7, 11) is 0. The Morgan fingerprint density at radius 3 is 2.29 bits per heavy atom. The number of imide groups is 1. The third-order valence-electron chi connectivity index (χ3n) is 2.55. The van der Waals surface area contributed by atoms with E-state index in [0.29, 0.717) is 5.75 Å². The Morgan fingerprint density at radius 2 is 1.71 bits per heavy atom. The molecule has 0 atom stereocenters. The minimum Gasteiger partial charge on any atom is -0.492 e. The maximum atomic E-state index is 12.6. The van der Waals surface area contributed by atoms with Crippen molar-refractivity contribution in [2.24, 2.45) is 0 Å². The van der Waals surface area contributed by atoms with Gasteiger partial charge in [-0.25, -0.2) is 4.39 Å². The van der Waals surface area contributed by atoms with E-state index in [1.807, 2.05) is 0 Å². The van der Waals surface area contributed by atoms with Crippen LogP contribution in [0.1, 0.15) is 12.8 Å². The molecular weight excluding hydrogens is 225 g/mol. The molecule has 4 nitrogen and oxygen atoms in total. The first-order valence-corrected chi connectivity index (χ1v) is 5.38. The standard InChI is InChI=1S/C12H12FNO3/c13-9-1-3-10(4-2-9)17-8-7-14-11(15)5-6-12(14)16/h1-4H,5-8H2. The lowest BCUT2D eigenvalue weighted by atomic mass is 10.3. The summed E-state index contributed by atoms with van der Waals surface area (Å²) in [5, 5.41) is 0. The molecule has 5 heteroatoms. The third-order valence-corrected chi connectivity index (χ3v) is 2.55. The first-order chi connectivity index (χ1) is 8.16. The Morgan fingerprint density at radius 1 is 1.12 bits per heavy atom. The first-order valence-electron chi connectivity index (χ1n) is 5.38. The summed E-state index contributed by atoms with van der Waals surface area (Å²) in [6.45, 7) is 0.470.